The van der Waals surface area contributed by atoms with E-state index >= 15 is 0 Å². The number of benzene rings is 2. The van der Waals surface area contributed by atoms with Crippen LogP contribution >= 0.6 is 11.6 Å². The molecule has 0 radical (unpaired) electrons. The van der Waals surface area contributed by atoms with Crippen LogP contribution in [-0.4, -0.2) is 43.0 Å². The van der Waals surface area contributed by atoms with Crippen molar-refractivity contribution in [1.82, 2.24) is 4.90 Å². The quantitative estimate of drug-likeness (QED) is 0.319. The molecular formula is C29H31ClN4O6. The molecule has 2 aromatic carbocycles. The van der Waals surface area contributed by atoms with Crippen LogP contribution in [0.2, 0.25) is 5.02 Å². The number of allylic oxidation sites excluding steroid dienone is 3. The Morgan fingerprint density at radius 1 is 1.23 bits per heavy atom. The summed E-state index contributed by atoms with van der Waals surface area (Å²) in [6, 6.07) is 11.6. The molecule has 0 bridgehead atoms. The maximum absolute atomic E-state index is 13.6. The Morgan fingerprint density at radius 3 is 2.52 bits per heavy atom. The minimum Gasteiger partial charge on any atom is -0.493 e. The van der Waals surface area contributed by atoms with Crippen LogP contribution in [0.4, 0.5) is 5.69 Å². The Bertz CT molecular complexity index is 1440. The Hall–Kier alpha value is -4.07. The summed E-state index contributed by atoms with van der Waals surface area (Å²) in [5.74, 6) is 0.0878. The fourth-order valence-corrected chi connectivity index (χ4v) is 5.54. The molecule has 1 heterocycles. The van der Waals surface area contributed by atoms with Gasteiger partial charge in [0.25, 0.3) is 5.69 Å². The van der Waals surface area contributed by atoms with E-state index < -0.39 is 10.8 Å². The van der Waals surface area contributed by atoms with E-state index in [4.69, 9.17) is 31.5 Å². The highest BCUT2D eigenvalue weighted by Crippen LogP contribution is 2.50. The van der Waals surface area contributed by atoms with Gasteiger partial charge in [0.2, 0.25) is 0 Å². The minimum absolute atomic E-state index is 0.0214. The van der Waals surface area contributed by atoms with E-state index in [0.717, 1.165) is 5.70 Å². The van der Waals surface area contributed by atoms with Crippen molar-refractivity contribution < 1.29 is 23.9 Å². The van der Waals surface area contributed by atoms with E-state index in [1.54, 1.807) is 31.4 Å². The van der Waals surface area contributed by atoms with Crippen LogP contribution < -0.4 is 15.2 Å². The highest BCUT2D eigenvalue weighted by molar-refractivity contribution is 6.32. The van der Waals surface area contributed by atoms with Gasteiger partial charge in [-0.15, -0.1) is 0 Å². The van der Waals surface area contributed by atoms with Gasteiger partial charge in [0.05, 0.1) is 41.2 Å². The smallest absolute Gasteiger partial charge is 0.269 e. The minimum atomic E-state index is -0.725. The number of ketones is 1. The average molecular weight is 567 g/mol. The number of hydrogen-bond donors (Lipinski definition) is 1. The summed E-state index contributed by atoms with van der Waals surface area (Å²) in [4.78, 5) is 25.9. The number of carbonyl (C=O) groups excluding carboxylic acids is 1. The predicted molar refractivity (Wildman–Crippen MR) is 149 cm³/mol. The van der Waals surface area contributed by atoms with Crippen LogP contribution in [-0.2, 0) is 16.1 Å². The van der Waals surface area contributed by atoms with Crippen molar-refractivity contribution in [3.05, 3.63) is 85.3 Å². The molecule has 11 heteroatoms. The summed E-state index contributed by atoms with van der Waals surface area (Å²) >= 11 is 6.69. The SMILES string of the molecule is COCCN1C(N)=C(C#N)[C@H](c2cc(Cl)c(OCc3ccc([N+](=O)[O-])cc3)c(OC)c2)C2=C1CC(C)(C)CC2=O. The molecule has 0 saturated heterocycles. The number of halogens is 1. The summed E-state index contributed by atoms with van der Waals surface area (Å²) in [5.41, 5.74) is 9.12. The number of nitrogens with two attached hydrogens (primary N) is 1. The largest absolute Gasteiger partial charge is 0.493 e. The lowest BCUT2D eigenvalue weighted by Gasteiger charge is -2.43. The monoisotopic (exact) mass is 566 g/mol. The molecule has 2 aliphatic rings. The van der Waals surface area contributed by atoms with E-state index in [0.29, 0.717) is 48.4 Å². The van der Waals surface area contributed by atoms with Crippen molar-refractivity contribution >= 4 is 23.1 Å². The first kappa shape index (κ1) is 28.9. The number of rotatable bonds is 9. The van der Waals surface area contributed by atoms with E-state index in [1.165, 1.54) is 19.2 Å². The van der Waals surface area contributed by atoms with Crippen LogP contribution in [0.3, 0.4) is 0 Å². The number of carbonyl (C=O) groups is 1. The van der Waals surface area contributed by atoms with Crippen LogP contribution in [0, 0.1) is 26.9 Å². The Labute approximate surface area is 237 Å². The zero-order valence-corrected chi connectivity index (χ0v) is 23.6. The van der Waals surface area contributed by atoms with Gasteiger partial charge in [0, 0.05) is 43.5 Å². The third-order valence-corrected chi connectivity index (χ3v) is 7.40. The van der Waals surface area contributed by atoms with Crippen LogP contribution in [0.5, 0.6) is 11.5 Å². The second-order valence-corrected chi connectivity index (χ2v) is 10.9. The summed E-state index contributed by atoms with van der Waals surface area (Å²) < 4.78 is 16.8. The number of nitrogens with zero attached hydrogens (tertiary/aromatic N) is 3. The fraction of sp³-hybridized carbons (Fsp3) is 0.379. The molecule has 1 aliphatic heterocycles. The average Bonchev–Trinajstić information content (AvgIpc) is 2.90. The molecule has 1 atom stereocenters. The van der Waals surface area contributed by atoms with Crippen LogP contribution in [0.25, 0.3) is 0 Å². The van der Waals surface area contributed by atoms with Gasteiger partial charge < -0.3 is 24.8 Å². The van der Waals surface area contributed by atoms with Crippen molar-refractivity contribution in [3.8, 4) is 17.6 Å². The fourth-order valence-electron chi connectivity index (χ4n) is 5.26. The van der Waals surface area contributed by atoms with E-state index in [1.807, 2.05) is 18.7 Å². The van der Waals surface area contributed by atoms with Crippen molar-refractivity contribution in [2.24, 2.45) is 11.1 Å². The lowest BCUT2D eigenvalue weighted by atomic mass is 9.68. The number of Topliss-reactive ketones (excluding diaryl/α,β-unsaturated/α-hetero) is 1. The molecule has 2 aromatic rings. The van der Waals surface area contributed by atoms with Gasteiger partial charge in [-0.25, -0.2) is 0 Å². The molecular weight excluding hydrogens is 536 g/mol. The second kappa shape index (κ2) is 11.6. The molecule has 0 spiro atoms. The van der Waals surface area contributed by atoms with E-state index in [-0.39, 0.29) is 45.7 Å². The van der Waals surface area contributed by atoms with Gasteiger partial charge >= 0.3 is 0 Å². The van der Waals surface area contributed by atoms with Crippen molar-refractivity contribution in [3.63, 3.8) is 0 Å². The van der Waals surface area contributed by atoms with E-state index in [9.17, 15) is 20.2 Å². The molecule has 10 nitrogen and oxygen atoms in total. The molecule has 1 aliphatic carbocycles. The number of methoxy groups -OCH3 is 2. The summed E-state index contributed by atoms with van der Waals surface area (Å²) in [6.45, 7) is 4.94. The van der Waals surface area contributed by atoms with Gasteiger partial charge in [-0.2, -0.15) is 5.26 Å². The molecule has 0 aromatic heterocycles. The maximum atomic E-state index is 13.6. The molecule has 0 fully saturated rings. The predicted octanol–water partition coefficient (Wildman–Crippen LogP) is 5.22. The molecule has 0 unspecified atom stereocenters. The highest BCUT2D eigenvalue weighted by Gasteiger charge is 2.44. The third kappa shape index (κ3) is 5.62. The topological polar surface area (TPSA) is 141 Å². The zero-order valence-electron chi connectivity index (χ0n) is 22.8. The van der Waals surface area contributed by atoms with Crippen LogP contribution in [0.15, 0.2) is 59.1 Å². The van der Waals surface area contributed by atoms with E-state index in [2.05, 4.69) is 6.07 Å². The first-order chi connectivity index (χ1) is 19.0. The lowest BCUT2D eigenvalue weighted by Crippen LogP contribution is -2.43. The molecule has 210 valence electrons. The standard InChI is InChI=1S/C29H31ClN4O6/c1-29(2)13-22-26(23(35)14-29)25(20(15-31)28(32)33(22)9-10-38-3)18-11-21(30)27(24(12-18)39-4)40-16-17-5-7-19(8-6-17)34(36)37/h5-8,11-12,25H,9-10,13-14,16,32H2,1-4H3/t25-/m0/s1. The Morgan fingerprint density at radius 2 is 1.93 bits per heavy atom. The van der Waals surface area contributed by atoms with Gasteiger partial charge in [0.1, 0.15) is 12.4 Å². The van der Waals surface area contributed by atoms with Crippen molar-refractivity contribution in [2.75, 3.05) is 27.4 Å². The summed E-state index contributed by atoms with van der Waals surface area (Å²) in [7, 11) is 3.05. The first-order valence-corrected chi connectivity index (χ1v) is 13.0. The molecule has 40 heavy (non-hydrogen) atoms. The highest BCUT2D eigenvalue weighted by atomic mass is 35.5. The molecule has 0 amide bonds. The number of hydrogen-bond acceptors (Lipinski definition) is 9. The number of nitro groups is 1. The van der Waals surface area contributed by atoms with Gasteiger partial charge in [-0.1, -0.05) is 25.4 Å². The first-order valence-electron chi connectivity index (χ1n) is 12.7. The second-order valence-electron chi connectivity index (χ2n) is 10.5. The number of non-ortho nitro benzene ring substituents is 1. The molecule has 4 rings (SSSR count). The maximum Gasteiger partial charge on any atom is 0.269 e. The van der Waals surface area contributed by atoms with Gasteiger partial charge in [-0.05, 0) is 47.2 Å². The third-order valence-electron chi connectivity index (χ3n) is 7.12. The zero-order chi connectivity index (χ0) is 29.2. The van der Waals surface area contributed by atoms with Crippen molar-refractivity contribution in [2.45, 2.75) is 39.2 Å². The molecule has 0 saturated carbocycles. The Kier molecular flexibility index (Phi) is 8.37. The number of nitriles is 1. The molecule has 2 N–H and O–H groups in total. The lowest BCUT2D eigenvalue weighted by molar-refractivity contribution is -0.384. The van der Waals surface area contributed by atoms with Gasteiger partial charge in [0.15, 0.2) is 17.3 Å². The summed E-state index contributed by atoms with van der Waals surface area (Å²) in [6.07, 6.45) is 0.940. The van der Waals surface area contributed by atoms with Crippen molar-refractivity contribution in [1.29, 1.82) is 5.26 Å². The Balaban J connectivity index is 1.75. The van der Waals surface area contributed by atoms with Gasteiger partial charge in [-0.3, -0.25) is 14.9 Å². The summed E-state index contributed by atoms with van der Waals surface area (Å²) in [5, 5.41) is 21.4. The van der Waals surface area contributed by atoms with Crippen LogP contribution in [0.1, 0.15) is 43.7 Å². The number of ether oxygens (including phenoxy) is 3. The number of nitro benzene ring substituents is 1. The normalized spacial score (nSPS) is 18.4.